The summed E-state index contributed by atoms with van der Waals surface area (Å²) >= 11 is -0.136. The van der Waals surface area contributed by atoms with Crippen molar-refractivity contribution in [1.29, 1.82) is 0 Å². The third-order valence-electron chi connectivity index (χ3n) is 4.88. The van der Waals surface area contributed by atoms with E-state index >= 15 is 0 Å². The first kappa shape index (κ1) is 18.9. The van der Waals surface area contributed by atoms with E-state index in [1.54, 1.807) is 23.1 Å². The van der Waals surface area contributed by atoms with Crippen molar-refractivity contribution in [2.45, 2.75) is 55.5 Å². The van der Waals surface area contributed by atoms with Crippen LogP contribution in [0, 0.1) is 5.41 Å². The molecule has 4 nitrogen and oxygen atoms in total. The summed E-state index contributed by atoms with van der Waals surface area (Å²) in [5, 5.41) is 4.17. The number of Topliss-reactive ketones (excluding diaryl/α,β-unsaturated/α-hetero) is 1. The van der Waals surface area contributed by atoms with Gasteiger partial charge in [-0.05, 0) is 55.1 Å². The molecule has 1 aromatic carbocycles. The van der Waals surface area contributed by atoms with E-state index in [9.17, 15) is 18.0 Å². The van der Waals surface area contributed by atoms with Crippen LogP contribution in [0.4, 0.5) is 13.2 Å². The number of halogens is 3. The second kappa shape index (κ2) is 6.72. The summed E-state index contributed by atoms with van der Waals surface area (Å²) in [6, 6.07) is 6.22. The molecule has 0 radical (unpaired) electrons. The molecule has 0 amide bonds. The van der Waals surface area contributed by atoms with Gasteiger partial charge in [-0.15, -0.1) is 0 Å². The molecule has 0 unspecified atom stereocenters. The number of carbonyl (C=O) groups is 1. The van der Waals surface area contributed by atoms with Gasteiger partial charge < -0.3 is 0 Å². The maximum absolute atomic E-state index is 13.3. The molecule has 1 heterocycles. The van der Waals surface area contributed by atoms with Crippen LogP contribution in [0.3, 0.4) is 0 Å². The van der Waals surface area contributed by atoms with E-state index in [0.717, 1.165) is 24.8 Å². The smallest absolute Gasteiger partial charge is 0.296 e. The van der Waals surface area contributed by atoms with Crippen molar-refractivity contribution in [2.75, 3.05) is 0 Å². The average molecular weight is 383 g/mol. The van der Waals surface area contributed by atoms with E-state index in [4.69, 9.17) is 0 Å². The first-order chi connectivity index (χ1) is 12.1. The van der Waals surface area contributed by atoms with Crippen LogP contribution in [0.25, 0.3) is 0 Å². The molecule has 1 aliphatic rings. The molecule has 3 rings (SSSR count). The maximum atomic E-state index is 13.3. The summed E-state index contributed by atoms with van der Waals surface area (Å²) in [6.45, 7) is 3.76. The SMILES string of the molecule is CC(C)(Cc1ccc(SC(F)(F)F)cc1)C(=O)C1(n2cncn2)CCC1. The lowest BCUT2D eigenvalue weighted by Crippen LogP contribution is -2.53. The lowest BCUT2D eigenvalue weighted by molar-refractivity contribution is -0.141. The van der Waals surface area contributed by atoms with Crippen LogP contribution in [0.15, 0.2) is 41.8 Å². The predicted molar refractivity (Wildman–Crippen MR) is 92.7 cm³/mol. The van der Waals surface area contributed by atoms with E-state index in [2.05, 4.69) is 10.1 Å². The van der Waals surface area contributed by atoms with E-state index in [1.807, 2.05) is 13.8 Å². The monoisotopic (exact) mass is 383 g/mol. The number of hydrogen-bond acceptors (Lipinski definition) is 4. The van der Waals surface area contributed by atoms with Gasteiger partial charge in [0.25, 0.3) is 0 Å². The molecule has 2 aromatic rings. The van der Waals surface area contributed by atoms with Gasteiger partial charge in [-0.3, -0.25) is 4.79 Å². The minimum Gasteiger partial charge on any atom is -0.296 e. The van der Waals surface area contributed by atoms with E-state index in [0.29, 0.717) is 6.42 Å². The zero-order valence-corrected chi connectivity index (χ0v) is 15.4. The Kier molecular flexibility index (Phi) is 4.90. The van der Waals surface area contributed by atoms with Crippen molar-refractivity contribution in [3.8, 4) is 0 Å². The highest BCUT2D eigenvalue weighted by Gasteiger charge is 2.51. The summed E-state index contributed by atoms with van der Waals surface area (Å²) in [5.41, 5.74) is -4.77. The van der Waals surface area contributed by atoms with Gasteiger partial charge in [-0.2, -0.15) is 18.3 Å². The maximum Gasteiger partial charge on any atom is 0.446 e. The van der Waals surface area contributed by atoms with Gasteiger partial charge in [0.1, 0.15) is 18.2 Å². The molecule has 1 saturated carbocycles. The van der Waals surface area contributed by atoms with Crippen LogP contribution < -0.4 is 0 Å². The Balaban J connectivity index is 1.75. The summed E-state index contributed by atoms with van der Waals surface area (Å²) in [4.78, 5) is 17.4. The molecule has 0 N–H and O–H groups in total. The molecule has 8 heteroatoms. The van der Waals surface area contributed by atoms with Crippen LogP contribution in [0.2, 0.25) is 0 Å². The molecule has 0 saturated heterocycles. The second-order valence-electron chi connectivity index (χ2n) is 7.31. The molecule has 0 aliphatic heterocycles. The Hall–Kier alpha value is -1.83. The molecular formula is C18H20F3N3OS. The second-order valence-corrected chi connectivity index (χ2v) is 8.45. The van der Waals surface area contributed by atoms with Crippen molar-refractivity contribution in [3.05, 3.63) is 42.5 Å². The number of rotatable bonds is 6. The normalized spacial score (nSPS) is 17.0. The van der Waals surface area contributed by atoms with Crippen molar-refractivity contribution in [3.63, 3.8) is 0 Å². The summed E-state index contributed by atoms with van der Waals surface area (Å²) in [5.74, 6) is 0.0930. The number of ketones is 1. The molecule has 0 spiro atoms. The van der Waals surface area contributed by atoms with Crippen LogP contribution >= 0.6 is 11.8 Å². The minimum absolute atomic E-state index is 0.0930. The van der Waals surface area contributed by atoms with Gasteiger partial charge in [0.2, 0.25) is 0 Å². The summed E-state index contributed by atoms with van der Waals surface area (Å²) in [6.07, 6.45) is 5.90. The van der Waals surface area contributed by atoms with Gasteiger partial charge in [0.05, 0.1) is 0 Å². The standard InChI is InChI=1S/C18H20F3N3OS/c1-16(2,10-13-4-6-14(7-5-13)26-18(19,20)21)15(25)17(8-3-9-17)24-12-22-11-23-24/h4-7,11-12H,3,8-10H2,1-2H3. The van der Waals surface area contributed by atoms with Crippen molar-refractivity contribution < 1.29 is 18.0 Å². The predicted octanol–water partition coefficient (Wildman–Crippen LogP) is 4.61. The highest BCUT2D eigenvalue weighted by molar-refractivity contribution is 8.00. The Morgan fingerprint density at radius 3 is 2.35 bits per heavy atom. The van der Waals surface area contributed by atoms with Crippen LogP contribution in [-0.4, -0.2) is 26.1 Å². The number of nitrogens with zero attached hydrogens (tertiary/aromatic N) is 3. The largest absolute Gasteiger partial charge is 0.446 e. The Morgan fingerprint density at radius 1 is 1.23 bits per heavy atom. The molecular weight excluding hydrogens is 363 g/mol. The minimum atomic E-state index is -4.30. The van der Waals surface area contributed by atoms with E-state index < -0.39 is 16.5 Å². The third kappa shape index (κ3) is 3.79. The number of hydrogen-bond donors (Lipinski definition) is 0. The van der Waals surface area contributed by atoms with E-state index in [1.165, 1.54) is 18.5 Å². The topological polar surface area (TPSA) is 47.8 Å². The Labute approximate surface area is 154 Å². The quantitative estimate of drug-likeness (QED) is 0.684. The highest BCUT2D eigenvalue weighted by atomic mass is 32.2. The van der Waals surface area contributed by atoms with Crippen molar-refractivity contribution >= 4 is 17.5 Å². The molecule has 1 aromatic heterocycles. The van der Waals surface area contributed by atoms with Gasteiger partial charge in [0, 0.05) is 10.3 Å². The summed E-state index contributed by atoms with van der Waals surface area (Å²) in [7, 11) is 0. The van der Waals surface area contributed by atoms with Gasteiger partial charge in [-0.25, -0.2) is 9.67 Å². The van der Waals surface area contributed by atoms with Crippen LogP contribution in [-0.2, 0) is 16.8 Å². The fourth-order valence-electron chi connectivity index (χ4n) is 3.53. The highest BCUT2D eigenvalue weighted by Crippen LogP contribution is 2.45. The summed E-state index contributed by atoms with van der Waals surface area (Å²) < 4.78 is 39.0. The Morgan fingerprint density at radius 2 is 1.88 bits per heavy atom. The zero-order chi connectivity index (χ0) is 19.0. The van der Waals surface area contributed by atoms with Gasteiger partial charge in [0.15, 0.2) is 5.78 Å². The Bertz CT molecular complexity index is 766. The number of alkyl halides is 3. The van der Waals surface area contributed by atoms with E-state index in [-0.39, 0.29) is 22.4 Å². The fourth-order valence-corrected chi connectivity index (χ4v) is 4.07. The van der Waals surface area contributed by atoms with Crippen molar-refractivity contribution in [2.24, 2.45) is 5.41 Å². The van der Waals surface area contributed by atoms with Crippen molar-refractivity contribution in [1.82, 2.24) is 14.8 Å². The number of aromatic nitrogens is 3. The number of thioether (sulfide) groups is 1. The van der Waals surface area contributed by atoms with Crippen LogP contribution in [0.1, 0.15) is 38.7 Å². The lowest BCUT2D eigenvalue weighted by atomic mass is 9.64. The fraction of sp³-hybridized carbons (Fsp3) is 0.500. The first-order valence-electron chi connectivity index (χ1n) is 8.37. The molecule has 1 fully saturated rings. The molecule has 26 heavy (non-hydrogen) atoms. The number of benzene rings is 1. The zero-order valence-electron chi connectivity index (χ0n) is 14.6. The van der Waals surface area contributed by atoms with Crippen LogP contribution in [0.5, 0.6) is 0 Å². The average Bonchev–Trinajstić information content (AvgIpc) is 3.01. The molecule has 140 valence electrons. The first-order valence-corrected chi connectivity index (χ1v) is 9.19. The molecule has 1 aliphatic carbocycles. The third-order valence-corrected chi connectivity index (χ3v) is 5.62. The molecule has 0 bridgehead atoms. The van der Waals surface area contributed by atoms with Gasteiger partial charge in [-0.1, -0.05) is 26.0 Å². The van der Waals surface area contributed by atoms with Gasteiger partial charge >= 0.3 is 5.51 Å². The number of carbonyl (C=O) groups excluding carboxylic acids is 1. The lowest BCUT2D eigenvalue weighted by Gasteiger charge is -2.44. The molecule has 0 atom stereocenters.